The summed E-state index contributed by atoms with van der Waals surface area (Å²) in [6, 6.07) is -0.522. The van der Waals surface area contributed by atoms with Gasteiger partial charge in [-0.15, -0.1) is 0 Å². The van der Waals surface area contributed by atoms with Crippen LogP contribution in [0.5, 0.6) is 0 Å². The zero-order chi connectivity index (χ0) is 19.4. The van der Waals surface area contributed by atoms with Crippen LogP contribution < -0.4 is 5.32 Å². The average Bonchev–Trinajstić information content (AvgIpc) is 2.91. The maximum atomic E-state index is 13.2. The smallest absolute Gasteiger partial charge is 0.325 e. The van der Waals surface area contributed by atoms with Gasteiger partial charge in [0, 0.05) is 33.3 Å². The molecular weight excluding hydrogens is 348 g/mol. The molecule has 3 fully saturated rings. The summed E-state index contributed by atoms with van der Waals surface area (Å²) in [6.07, 6.45) is 4.31. The number of likely N-dealkylation sites (tertiary alicyclic amines) is 2. The van der Waals surface area contributed by atoms with Crippen LogP contribution in [0.4, 0.5) is 4.79 Å². The first-order chi connectivity index (χ1) is 13.0. The number of nitrogens with one attached hydrogen (secondary N) is 1. The quantitative estimate of drug-likeness (QED) is 0.690. The molecule has 0 aromatic rings. The Morgan fingerprint density at radius 3 is 2.67 bits per heavy atom. The van der Waals surface area contributed by atoms with Gasteiger partial charge in [-0.05, 0) is 38.6 Å². The first kappa shape index (κ1) is 20.1. The number of nitrogens with zero attached hydrogens (tertiary/aromatic N) is 3. The Balaban J connectivity index is 1.64. The van der Waals surface area contributed by atoms with Crippen molar-refractivity contribution in [2.75, 3.05) is 46.4 Å². The summed E-state index contributed by atoms with van der Waals surface area (Å²) in [4.78, 5) is 43.7. The third-order valence-corrected chi connectivity index (χ3v) is 6.08. The second-order valence-electron chi connectivity index (χ2n) is 7.91. The van der Waals surface area contributed by atoms with E-state index < -0.39 is 5.54 Å². The first-order valence-corrected chi connectivity index (χ1v) is 10.2. The van der Waals surface area contributed by atoms with Crippen LogP contribution >= 0.6 is 0 Å². The summed E-state index contributed by atoms with van der Waals surface area (Å²) in [5.74, 6) is -0.0731. The highest BCUT2D eigenvalue weighted by Crippen LogP contribution is 2.32. The summed E-state index contributed by atoms with van der Waals surface area (Å²) in [7, 11) is 1.57. The van der Waals surface area contributed by atoms with Crippen LogP contribution in [0.2, 0.25) is 0 Å². The van der Waals surface area contributed by atoms with Gasteiger partial charge in [-0.3, -0.25) is 14.5 Å². The molecule has 3 aliphatic heterocycles. The number of urea groups is 1. The summed E-state index contributed by atoms with van der Waals surface area (Å²) in [5, 5.41) is 2.99. The molecule has 152 valence electrons. The third kappa shape index (κ3) is 4.11. The van der Waals surface area contributed by atoms with Gasteiger partial charge in [0.15, 0.2) is 0 Å². The number of imide groups is 1. The van der Waals surface area contributed by atoms with Crippen LogP contribution in [-0.2, 0) is 14.3 Å². The van der Waals surface area contributed by atoms with E-state index in [0.717, 1.165) is 38.9 Å². The van der Waals surface area contributed by atoms with E-state index in [1.807, 2.05) is 0 Å². The molecule has 0 unspecified atom stereocenters. The van der Waals surface area contributed by atoms with Crippen LogP contribution in [0.25, 0.3) is 0 Å². The zero-order valence-corrected chi connectivity index (χ0v) is 16.5. The van der Waals surface area contributed by atoms with Gasteiger partial charge in [0.2, 0.25) is 5.91 Å². The fourth-order valence-electron chi connectivity index (χ4n) is 4.53. The fraction of sp³-hybridized carbons (Fsp3) is 0.842. The molecule has 1 spiro atoms. The zero-order valence-electron chi connectivity index (χ0n) is 16.5. The van der Waals surface area contributed by atoms with Crippen molar-refractivity contribution in [3.63, 3.8) is 0 Å². The molecule has 27 heavy (non-hydrogen) atoms. The molecule has 0 aromatic carbocycles. The van der Waals surface area contributed by atoms with Gasteiger partial charge in [0.25, 0.3) is 5.91 Å². The Kier molecular flexibility index (Phi) is 6.37. The number of ether oxygens (including phenoxy) is 1. The van der Waals surface area contributed by atoms with Gasteiger partial charge in [-0.25, -0.2) is 4.79 Å². The number of hydrogen-bond acceptors (Lipinski definition) is 5. The highest BCUT2D eigenvalue weighted by atomic mass is 16.5. The second-order valence-corrected chi connectivity index (χ2v) is 7.91. The largest absolute Gasteiger partial charge is 0.384 e. The van der Waals surface area contributed by atoms with Crippen molar-refractivity contribution in [3.8, 4) is 0 Å². The van der Waals surface area contributed by atoms with E-state index in [0.29, 0.717) is 39.0 Å². The molecule has 3 saturated heterocycles. The number of rotatable bonds is 6. The van der Waals surface area contributed by atoms with Gasteiger partial charge >= 0.3 is 6.03 Å². The Bertz CT molecular complexity index is 574. The molecule has 8 heteroatoms. The van der Waals surface area contributed by atoms with Crippen LogP contribution in [0.1, 0.15) is 45.4 Å². The van der Waals surface area contributed by atoms with Crippen LogP contribution in [0.3, 0.4) is 0 Å². The number of carbonyl (C=O) groups excluding carboxylic acids is 3. The van der Waals surface area contributed by atoms with Crippen molar-refractivity contribution >= 4 is 17.8 Å². The number of methoxy groups -OCH3 is 1. The van der Waals surface area contributed by atoms with Gasteiger partial charge < -0.3 is 19.9 Å². The molecule has 8 nitrogen and oxygen atoms in total. The van der Waals surface area contributed by atoms with E-state index >= 15 is 0 Å². The van der Waals surface area contributed by atoms with Crippen molar-refractivity contribution in [3.05, 3.63) is 0 Å². The van der Waals surface area contributed by atoms with Crippen molar-refractivity contribution in [1.29, 1.82) is 0 Å². The predicted molar refractivity (Wildman–Crippen MR) is 100 cm³/mol. The predicted octanol–water partition coefficient (Wildman–Crippen LogP) is 0.810. The molecule has 4 amide bonds. The van der Waals surface area contributed by atoms with Gasteiger partial charge in [-0.1, -0.05) is 6.92 Å². The maximum Gasteiger partial charge on any atom is 0.325 e. The third-order valence-electron chi connectivity index (χ3n) is 6.08. The molecule has 3 rings (SSSR count). The van der Waals surface area contributed by atoms with Gasteiger partial charge in [0.1, 0.15) is 5.54 Å². The molecular formula is C19H32N4O4. The van der Waals surface area contributed by atoms with Crippen LogP contribution in [0.15, 0.2) is 0 Å². The van der Waals surface area contributed by atoms with Crippen molar-refractivity contribution < 1.29 is 19.1 Å². The monoisotopic (exact) mass is 380 g/mol. The fourth-order valence-corrected chi connectivity index (χ4v) is 4.53. The lowest BCUT2D eigenvalue weighted by Crippen LogP contribution is -2.56. The van der Waals surface area contributed by atoms with E-state index in [2.05, 4.69) is 17.1 Å². The highest BCUT2D eigenvalue weighted by molar-refractivity contribution is 6.07. The summed E-state index contributed by atoms with van der Waals surface area (Å²) in [5.41, 5.74) is -0.746. The number of amides is 4. The van der Waals surface area contributed by atoms with E-state index in [1.165, 1.54) is 4.90 Å². The number of carbonyl (C=O) groups is 3. The minimum Gasteiger partial charge on any atom is -0.384 e. The maximum absolute atomic E-state index is 13.2. The molecule has 0 saturated carbocycles. The molecule has 0 radical (unpaired) electrons. The Morgan fingerprint density at radius 2 is 2.00 bits per heavy atom. The van der Waals surface area contributed by atoms with Crippen molar-refractivity contribution in [2.24, 2.45) is 0 Å². The second kappa shape index (κ2) is 8.56. The van der Waals surface area contributed by atoms with Crippen LogP contribution in [-0.4, -0.2) is 90.6 Å². The Morgan fingerprint density at radius 1 is 1.26 bits per heavy atom. The summed E-state index contributed by atoms with van der Waals surface area (Å²) in [6.45, 7) is 6.35. The topological polar surface area (TPSA) is 82.2 Å². The molecule has 0 aromatic heterocycles. The lowest BCUT2D eigenvalue weighted by atomic mass is 9.87. The van der Waals surface area contributed by atoms with Crippen molar-refractivity contribution in [2.45, 2.75) is 57.0 Å². The first-order valence-electron chi connectivity index (χ1n) is 10.2. The molecule has 3 aliphatic rings. The van der Waals surface area contributed by atoms with Gasteiger partial charge in [-0.2, -0.15) is 0 Å². The minimum absolute atomic E-state index is 0.0243. The normalized spacial score (nSPS) is 25.9. The van der Waals surface area contributed by atoms with E-state index in [1.54, 1.807) is 12.0 Å². The average molecular weight is 380 g/mol. The Hall–Kier alpha value is -1.67. The van der Waals surface area contributed by atoms with E-state index in [-0.39, 0.29) is 23.9 Å². The van der Waals surface area contributed by atoms with E-state index in [4.69, 9.17) is 4.74 Å². The molecule has 3 heterocycles. The Labute approximate surface area is 161 Å². The molecule has 0 aliphatic carbocycles. The molecule has 0 bridgehead atoms. The molecule has 1 atom stereocenters. The number of hydrogen-bond donors (Lipinski definition) is 1. The SMILES string of the molecule is CCCN1CCC2(CC1)NC(=O)N([C@H]1CCCN(C(=O)CCOC)C1)C2=O. The lowest BCUT2D eigenvalue weighted by Gasteiger charge is -2.39. The van der Waals surface area contributed by atoms with Crippen molar-refractivity contribution in [1.82, 2.24) is 20.0 Å². The standard InChI is InChI=1S/C19H32N4O4/c1-3-9-21-11-7-19(8-12-21)17(25)23(18(26)20-19)15-5-4-10-22(14-15)16(24)6-13-27-2/h15H,3-14H2,1-2H3,(H,20,26)/t15-/m0/s1. The highest BCUT2D eigenvalue weighted by Gasteiger charge is 2.54. The van der Waals surface area contributed by atoms with Gasteiger partial charge in [0.05, 0.1) is 19.1 Å². The molecule has 1 N–H and O–H groups in total. The number of piperidine rings is 2. The summed E-state index contributed by atoms with van der Waals surface area (Å²) < 4.78 is 4.99. The summed E-state index contributed by atoms with van der Waals surface area (Å²) >= 11 is 0. The minimum atomic E-state index is -0.746. The van der Waals surface area contributed by atoms with Crippen LogP contribution in [0, 0.1) is 0 Å². The van der Waals surface area contributed by atoms with E-state index in [9.17, 15) is 14.4 Å². The lowest BCUT2D eigenvalue weighted by molar-refractivity contribution is -0.139.